The van der Waals surface area contributed by atoms with Crippen LogP contribution in [0.15, 0.2) is 0 Å². The second-order valence-electron chi connectivity index (χ2n) is 3.05. The van der Waals surface area contributed by atoms with Crippen LogP contribution in [0.5, 0.6) is 0 Å². The fraction of sp³-hybridized carbons (Fsp3) is 1.00. The van der Waals surface area contributed by atoms with Crippen LogP contribution >= 0.6 is 0 Å². The highest BCUT2D eigenvalue weighted by molar-refractivity contribution is 4.61. The van der Waals surface area contributed by atoms with Crippen LogP contribution in [0.1, 0.15) is 34.6 Å². The van der Waals surface area contributed by atoms with Gasteiger partial charge in [0.25, 0.3) is 0 Å². The highest BCUT2D eigenvalue weighted by Gasteiger charge is 2.03. The molecule has 0 aliphatic rings. The molecule has 0 rings (SSSR count). The molecule has 0 fully saturated rings. The van der Waals surface area contributed by atoms with Crippen LogP contribution in [-0.4, -0.2) is 19.3 Å². The fourth-order valence-corrected chi connectivity index (χ4v) is 0.943. The summed E-state index contributed by atoms with van der Waals surface area (Å²) in [4.78, 5) is 0. The summed E-state index contributed by atoms with van der Waals surface area (Å²) < 4.78 is 5.17. The van der Waals surface area contributed by atoms with E-state index >= 15 is 0 Å². The zero-order chi connectivity index (χ0) is 7.98. The maximum absolute atomic E-state index is 5.74. The number of hydrogen-bond acceptors (Lipinski definition) is 2. The maximum atomic E-state index is 5.74. The van der Waals surface area contributed by atoms with Gasteiger partial charge in [-0.15, -0.1) is 0 Å². The average Bonchev–Trinajstić information content (AvgIpc) is 1.82. The van der Waals surface area contributed by atoms with Crippen molar-refractivity contribution in [3.8, 4) is 0 Å². The first-order chi connectivity index (χ1) is 4.66. The second kappa shape index (κ2) is 8.02. The van der Waals surface area contributed by atoms with E-state index in [0.29, 0.717) is 12.5 Å². The molecular weight excluding hydrogens is 138 g/mol. The summed E-state index contributed by atoms with van der Waals surface area (Å²) in [6.45, 7) is 7.81. The summed E-state index contributed by atoms with van der Waals surface area (Å²) in [7, 11) is 0. The van der Waals surface area contributed by atoms with Crippen molar-refractivity contribution in [3.63, 3.8) is 0 Å². The van der Waals surface area contributed by atoms with E-state index < -0.39 is 0 Å². The highest BCUT2D eigenvalue weighted by atomic mass is 16.5. The van der Waals surface area contributed by atoms with Crippen molar-refractivity contribution in [2.75, 3.05) is 13.2 Å². The molecule has 0 aromatic carbocycles. The molecule has 0 aromatic rings. The van der Waals surface area contributed by atoms with E-state index in [-0.39, 0.29) is 13.5 Å². The number of nitrogens with two attached hydrogens (primary N) is 1. The number of rotatable bonds is 5. The Labute approximate surface area is 71.1 Å². The Kier molecular flexibility index (Phi) is 9.85. The maximum Gasteiger partial charge on any atom is 0.0617 e. The van der Waals surface area contributed by atoms with Crippen molar-refractivity contribution < 1.29 is 4.74 Å². The van der Waals surface area contributed by atoms with Gasteiger partial charge in [-0.3, -0.25) is 0 Å². The number of hydrogen-bond donors (Lipinski definition) is 1. The molecule has 0 saturated carbocycles. The molecule has 1 atom stereocenters. The van der Waals surface area contributed by atoms with Gasteiger partial charge in [0.2, 0.25) is 0 Å². The van der Waals surface area contributed by atoms with E-state index in [1.807, 2.05) is 6.92 Å². The van der Waals surface area contributed by atoms with Gasteiger partial charge in [-0.2, -0.15) is 0 Å². The monoisotopic (exact) mass is 161 g/mol. The van der Waals surface area contributed by atoms with Crippen LogP contribution in [-0.2, 0) is 4.74 Å². The third-order valence-electron chi connectivity index (χ3n) is 1.31. The lowest BCUT2D eigenvalue weighted by Gasteiger charge is -2.12. The molecule has 0 aliphatic carbocycles. The molecular formula is C9H23NO. The first kappa shape index (κ1) is 13.5. The van der Waals surface area contributed by atoms with Gasteiger partial charge in [-0.05, 0) is 19.3 Å². The first-order valence-electron chi connectivity index (χ1n) is 4.00. The zero-order valence-electron chi connectivity index (χ0n) is 7.26. The molecule has 70 valence electrons. The summed E-state index contributed by atoms with van der Waals surface area (Å²) in [6, 6.07) is 0.222. The molecule has 0 saturated heterocycles. The predicted octanol–water partition coefficient (Wildman–Crippen LogP) is 2.03. The Balaban J connectivity index is 0. The van der Waals surface area contributed by atoms with Crippen molar-refractivity contribution >= 4 is 0 Å². The van der Waals surface area contributed by atoms with Crippen molar-refractivity contribution in [2.24, 2.45) is 11.7 Å². The molecule has 1 unspecified atom stereocenters. The van der Waals surface area contributed by atoms with Crippen molar-refractivity contribution in [3.05, 3.63) is 0 Å². The fourth-order valence-electron chi connectivity index (χ4n) is 0.943. The van der Waals surface area contributed by atoms with Gasteiger partial charge in [-0.25, -0.2) is 0 Å². The largest absolute Gasteiger partial charge is 0.380 e. The average molecular weight is 161 g/mol. The third kappa shape index (κ3) is 9.92. The van der Waals surface area contributed by atoms with Gasteiger partial charge in [-0.1, -0.05) is 21.3 Å². The molecule has 0 heterocycles. The van der Waals surface area contributed by atoms with Gasteiger partial charge in [0.15, 0.2) is 0 Å². The Morgan fingerprint density at radius 3 is 2.27 bits per heavy atom. The van der Waals surface area contributed by atoms with Crippen LogP contribution in [0.3, 0.4) is 0 Å². The lowest BCUT2D eigenvalue weighted by molar-refractivity contribution is 0.127. The van der Waals surface area contributed by atoms with Gasteiger partial charge in [0, 0.05) is 12.6 Å². The Morgan fingerprint density at radius 1 is 1.36 bits per heavy atom. The Hall–Kier alpha value is -0.0800. The molecule has 0 amide bonds. The van der Waals surface area contributed by atoms with E-state index in [4.69, 9.17) is 10.5 Å². The van der Waals surface area contributed by atoms with E-state index in [0.717, 1.165) is 13.0 Å². The minimum atomic E-state index is 0. The van der Waals surface area contributed by atoms with Gasteiger partial charge in [0.05, 0.1) is 6.61 Å². The van der Waals surface area contributed by atoms with Crippen molar-refractivity contribution in [1.82, 2.24) is 0 Å². The van der Waals surface area contributed by atoms with Crippen LogP contribution in [0.25, 0.3) is 0 Å². The second-order valence-corrected chi connectivity index (χ2v) is 3.05. The third-order valence-corrected chi connectivity index (χ3v) is 1.31. The van der Waals surface area contributed by atoms with E-state index in [1.54, 1.807) is 0 Å². The van der Waals surface area contributed by atoms with Gasteiger partial charge >= 0.3 is 0 Å². The summed E-state index contributed by atoms with van der Waals surface area (Å²) in [5, 5.41) is 0. The summed E-state index contributed by atoms with van der Waals surface area (Å²) >= 11 is 0. The molecule has 0 aliphatic heterocycles. The molecule has 2 heteroatoms. The predicted molar refractivity (Wildman–Crippen MR) is 50.7 cm³/mol. The zero-order valence-corrected chi connectivity index (χ0v) is 7.26. The minimum Gasteiger partial charge on any atom is -0.380 e. The molecule has 0 radical (unpaired) electrons. The van der Waals surface area contributed by atoms with E-state index in [2.05, 4.69) is 13.8 Å². The molecule has 0 aromatic heterocycles. The standard InChI is InChI=1S/C8H19NO.CH4/c1-4-10-6-8(9)5-7(2)3;/h7-8H,4-6,9H2,1-3H3;1H4. The lowest BCUT2D eigenvalue weighted by atomic mass is 10.1. The minimum absolute atomic E-state index is 0. The summed E-state index contributed by atoms with van der Waals surface area (Å²) in [5.41, 5.74) is 5.74. The van der Waals surface area contributed by atoms with Crippen LogP contribution in [0.4, 0.5) is 0 Å². The summed E-state index contributed by atoms with van der Waals surface area (Å²) in [5.74, 6) is 0.676. The van der Waals surface area contributed by atoms with Crippen LogP contribution in [0.2, 0.25) is 0 Å². The Morgan fingerprint density at radius 2 is 1.91 bits per heavy atom. The quantitative estimate of drug-likeness (QED) is 0.669. The molecule has 0 bridgehead atoms. The van der Waals surface area contributed by atoms with Crippen LogP contribution in [0, 0.1) is 5.92 Å². The van der Waals surface area contributed by atoms with Crippen molar-refractivity contribution in [1.29, 1.82) is 0 Å². The normalized spacial score (nSPS) is 12.8. The van der Waals surface area contributed by atoms with Crippen LogP contribution < -0.4 is 5.73 Å². The molecule has 0 spiro atoms. The molecule has 2 nitrogen and oxygen atoms in total. The first-order valence-corrected chi connectivity index (χ1v) is 4.00. The number of ether oxygens (including phenoxy) is 1. The lowest BCUT2D eigenvalue weighted by Crippen LogP contribution is -2.27. The van der Waals surface area contributed by atoms with Gasteiger partial charge in [0.1, 0.15) is 0 Å². The Bertz CT molecular complexity index is 74.0. The van der Waals surface area contributed by atoms with Crippen molar-refractivity contribution in [2.45, 2.75) is 40.7 Å². The smallest absolute Gasteiger partial charge is 0.0617 e. The topological polar surface area (TPSA) is 35.2 Å². The summed E-state index contributed by atoms with van der Waals surface area (Å²) in [6.07, 6.45) is 1.06. The molecule has 11 heavy (non-hydrogen) atoms. The molecule has 2 N–H and O–H groups in total. The highest BCUT2D eigenvalue weighted by Crippen LogP contribution is 2.02. The SMILES string of the molecule is C.CCOCC(N)CC(C)C. The van der Waals surface area contributed by atoms with E-state index in [1.165, 1.54) is 0 Å². The van der Waals surface area contributed by atoms with Gasteiger partial charge < -0.3 is 10.5 Å². The van der Waals surface area contributed by atoms with E-state index in [9.17, 15) is 0 Å².